The Kier molecular flexibility index (Phi) is 7.34. The Morgan fingerprint density at radius 2 is 1.30 bits per heavy atom. The molecule has 23 heavy (non-hydrogen) atoms. The molecule has 122 valence electrons. The smallest absolute Gasteiger partial charge is 0.302 e. The van der Waals surface area contributed by atoms with Crippen LogP contribution in [0.1, 0.15) is 18.1 Å². The molecule has 2 rings (SSSR count). The van der Waals surface area contributed by atoms with E-state index in [-0.39, 0.29) is 5.97 Å². The maximum Gasteiger partial charge on any atom is 0.302 e. The summed E-state index contributed by atoms with van der Waals surface area (Å²) in [4.78, 5) is 13.3. The van der Waals surface area contributed by atoms with Crippen LogP contribution in [0.3, 0.4) is 0 Å². The van der Waals surface area contributed by atoms with Crippen molar-refractivity contribution in [2.75, 3.05) is 26.2 Å². The summed E-state index contributed by atoms with van der Waals surface area (Å²) in [6, 6.07) is 21.0. The van der Waals surface area contributed by atoms with Gasteiger partial charge < -0.3 is 4.74 Å². The van der Waals surface area contributed by atoms with Crippen LogP contribution in [-0.2, 0) is 22.4 Å². The molecule has 0 saturated heterocycles. The van der Waals surface area contributed by atoms with Crippen molar-refractivity contribution in [1.82, 2.24) is 4.90 Å². The fourth-order valence-corrected chi connectivity index (χ4v) is 2.52. The van der Waals surface area contributed by atoms with E-state index in [0.29, 0.717) is 6.61 Å². The molecule has 0 aromatic heterocycles. The second-order valence-electron chi connectivity index (χ2n) is 5.65. The molecule has 2 aromatic rings. The molecule has 0 aliphatic carbocycles. The number of ether oxygens (including phenoxy) is 1. The summed E-state index contributed by atoms with van der Waals surface area (Å²) in [6.45, 7) is 4.63. The van der Waals surface area contributed by atoms with Crippen LogP contribution in [0.2, 0.25) is 0 Å². The van der Waals surface area contributed by atoms with Crippen molar-refractivity contribution in [2.45, 2.75) is 19.8 Å². The summed E-state index contributed by atoms with van der Waals surface area (Å²) in [5.41, 5.74) is 2.68. The van der Waals surface area contributed by atoms with Gasteiger partial charge in [-0.05, 0) is 24.0 Å². The lowest BCUT2D eigenvalue weighted by atomic mass is 10.1. The van der Waals surface area contributed by atoms with E-state index < -0.39 is 0 Å². The van der Waals surface area contributed by atoms with Crippen LogP contribution in [-0.4, -0.2) is 37.1 Å². The zero-order chi connectivity index (χ0) is 16.3. The lowest BCUT2D eigenvalue weighted by molar-refractivity contribution is -0.141. The molecule has 0 saturated carbocycles. The number of benzene rings is 2. The molecular weight excluding hydrogens is 286 g/mol. The lowest BCUT2D eigenvalue weighted by Crippen LogP contribution is -2.32. The van der Waals surface area contributed by atoms with Crippen LogP contribution in [0.5, 0.6) is 0 Å². The molecule has 3 nitrogen and oxygen atoms in total. The van der Waals surface area contributed by atoms with Crippen LogP contribution in [0.25, 0.3) is 0 Å². The number of hydrogen-bond donors (Lipinski definition) is 0. The molecule has 0 unspecified atom stereocenters. The van der Waals surface area contributed by atoms with Gasteiger partial charge in [-0.25, -0.2) is 0 Å². The number of carbonyl (C=O) groups is 1. The summed E-state index contributed by atoms with van der Waals surface area (Å²) in [6.07, 6.45) is 2.02. The Morgan fingerprint density at radius 3 is 1.74 bits per heavy atom. The monoisotopic (exact) mass is 311 g/mol. The van der Waals surface area contributed by atoms with E-state index in [2.05, 4.69) is 53.4 Å². The summed E-state index contributed by atoms with van der Waals surface area (Å²) in [5.74, 6) is -0.212. The van der Waals surface area contributed by atoms with E-state index in [1.54, 1.807) is 0 Å². The van der Waals surface area contributed by atoms with Crippen molar-refractivity contribution in [2.24, 2.45) is 0 Å². The van der Waals surface area contributed by atoms with Gasteiger partial charge in [0, 0.05) is 26.6 Å². The predicted molar refractivity (Wildman–Crippen MR) is 93.4 cm³/mol. The normalized spacial score (nSPS) is 10.7. The van der Waals surface area contributed by atoms with Crippen molar-refractivity contribution >= 4 is 5.97 Å². The molecule has 0 aliphatic heterocycles. The summed E-state index contributed by atoms with van der Waals surface area (Å²) in [7, 11) is 0. The summed E-state index contributed by atoms with van der Waals surface area (Å²) >= 11 is 0. The largest absolute Gasteiger partial charge is 0.465 e. The van der Waals surface area contributed by atoms with E-state index in [0.717, 1.165) is 32.5 Å². The van der Waals surface area contributed by atoms with Crippen LogP contribution < -0.4 is 0 Å². The van der Waals surface area contributed by atoms with Crippen molar-refractivity contribution in [3.8, 4) is 0 Å². The standard InChI is InChI=1S/C20H25NO2/c1-18(22)23-17-16-21(14-12-19-8-4-2-5-9-19)15-13-20-10-6-3-7-11-20/h2-11H,12-17H2,1H3. The van der Waals surface area contributed by atoms with E-state index in [1.165, 1.54) is 18.1 Å². The molecule has 0 fully saturated rings. The third kappa shape index (κ3) is 7.11. The topological polar surface area (TPSA) is 29.5 Å². The Bertz CT molecular complexity index is 525. The van der Waals surface area contributed by atoms with Gasteiger partial charge in [0.05, 0.1) is 0 Å². The van der Waals surface area contributed by atoms with Gasteiger partial charge in [-0.15, -0.1) is 0 Å². The first-order chi connectivity index (χ1) is 11.2. The molecule has 0 amide bonds. The predicted octanol–water partition coefficient (Wildman–Crippen LogP) is 3.34. The Balaban J connectivity index is 1.84. The highest BCUT2D eigenvalue weighted by Crippen LogP contribution is 2.05. The molecule has 0 heterocycles. The second-order valence-corrected chi connectivity index (χ2v) is 5.65. The number of rotatable bonds is 9. The molecule has 0 bridgehead atoms. The van der Waals surface area contributed by atoms with Crippen molar-refractivity contribution in [3.63, 3.8) is 0 Å². The van der Waals surface area contributed by atoms with Crippen LogP contribution in [0, 0.1) is 0 Å². The molecule has 0 aliphatic rings. The first-order valence-corrected chi connectivity index (χ1v) is 8.17. The van der Waals surface area contributed by atoms with E-state index in [9.17, 15) is 4.79 Å². The molecule has 3 heteroatoms. The maximum atomic E-state index is 10.9. The number of carbonyl (C=O) groups excluding carboxylic acids is 1. The third-order valence-corrected chi connectivity index (χ3v) is 3.83. The van der Waals surface area contributed by atoms with Crippen molar-refractivity contribution in [1.29, 1.82) is 0 Å². The van der Waals surface area contributed by atoms with Crippen LogP contribution in [0.15, 0.2) is 60.7 Å². The zero-order valence-corrected chi connectivity index (χ0v) is 13.8. The van der Waals surface area contributed by atoms with Gasteiger partial charge in [-0.3, -0.25) is 9.69 Å². The van der Waals surface area contributed by atoms with Crippen molar-refractivity contribution < 1.29 is 9.53 Å². The minimum atomic E-state index is -0.212. The Hall–Kier alpha value is -2.13. The van der Waals surface area contributed by atoms with Crippen LogP contribution >= 0.6 is 0 Å². The number of esters is 1. The number of nitrogens with zero attached hydrogens (tertiary/aromatic N) is 1. The van der Waals surface area contributed by atoms with Gasteiger partial charge in [0.25, 0.3) is 0 Å². The molecule has 0 atom stereocenters. The highest BCUT2D eigenvalue weighted by molar-refractivity contribution is 5.65. The molecule has 2 aromatic carbocycles. The van der Waals surface area contributed by atoms with Gasteiger partial charge in [-0.1, -0.05) is 60.7 Å². The van der Waals surface area contributed by atoms with Gasteiger partial charge in [0.1, 0.15) is 6.61 Å². The zero-order valence-electron chi connectivity index (χ0n) is 13.8. The second kappa shape index (κ2) is 9.80. The first kappa shape index (κ1) is 17.2. The summed E-state index contributed by atoms with van der Waals surface area (Å²) < 4.78 is 5.10. The fraction of sp³-hybridized carbons (Fsp3) is 0.350. The fourth-order valence-electron chi connectivity index (χ4n) is 2.52. The van der Waals surface area contributed by atoms with E-state index in [4.69, 9.17) is 4.74 Å². The molecule has 0 radical (unpaired) electrons. The van der Waals surface area contributed by atoms with Gasteiger partial charge in [0.15, 0.2) is 0 Å². The first-order valence-electron chi connectivity index (χ1n) is 8.17. The van der Waals surface area contributed by atoms with Gasteiger partial charge >= 0.3 is 5.97 Å². The quantitative estimate of drug-likeness (QED) is 0.665. The maximum absolute atomic E-state index is 10.9. The van der Waals surface area contributed by atoms with Gasteiger partial charge in [-0.2, -0.15) is 0 Å². The van der Waals surface area contributed by atoms with Crippen LogP contribution in [0.4, 0.5) is 0 Å². The summed E-state index contributed by atoms with van der Waals surface area (Å²) in [5, 5.41) is 0. The minimum absolute atomic E-state index is 0.212. The highest BCUT2D eigenvalue weighted by atomic mass is 16.5. The van der Waals surface area contributed by atoms with E-state index in [1.807, 2.05) is 12.1 Å². The average molecular weight is 311 g/mol. The SMILES string of the molecule is CC(=O)OCCN(CCc1ccccc1)CCc1ccccc1. The lowest BCUT2D eigenvalue weighted by Gasteiger charge is -2.22. The Labute approximate surface area is 138 Å². The van der Waals surface area contributed by atoms with Crippen molar-refractivity contribution in [3.05, 3.63) is 71.8 Å². The minimum Gasteiger partial charge on any atom is -0.465 e. The third-order valence-electron chi connectivity index (χ3n) is 3.83. The number of hydrogen-bond acceptors (Lipinski definition) is 3. The van der Waals surface area contributed by atoms with E-state index >= 15 is 0 Å². The Morgan fingerprint density at radius 1 is 0.826 bits per heavy atom. The highest BCUT2D eigenvalue weighted by Gasteiger charge is 2.07. The molecule has 0 N–H and O–H groups in total. The molecule has 0 spiro atoms. The van der Waals surface area contributed by atoms with Gasteiger partial charge in [0.2, 0.25) is 0 Å². The average Bonchev–Trinajstić information content (AvgIpc) is 2.58. The molecular formula is C20H25NO2.